The van der Waals surface area contributed by atoms with Gasteiger partial charge in [-0.3, -0.25) is 4.79 Å². The molecule has 1 aromatic rings. The molecule has 0 atom stereocenters. The molecule has 0 spiro atoms. The second kappa shape index (κ2) is 4.68. The topological polar surface area (TPSA) is 61.1 Å². The predicted molar refractivity (Wildman–Crippen MR) is 54.3 cm³/mol. The van der Waals surface area contributed by atoms with Crippen LogP contribution in [0.25, 0.3) is 0 Å². The molecule has 4 heteroatoms. The molecule has 0 saturated heterocycles. The highest BCUT2D eigenvalue weighted by atomic mass is 32.2. The number of benzene rings is 1. The molecule has 3 nitrogen and oxygen atoms in total. The van der Waals surface area contributed by atoms with Crippen LogP contribution in [0.15, 0.2) is 23.1 Å². The van der Waals surface area contributed by atoms with E-state index >= 15 is 0 Å². The van der Waals surface area contributed by atoms with Crippen molar-refractivity contribution in [3.63, 3.8) is 0 Å². The van der Waals surface area contributed by atoms with Gasteiger partial charge in [0.15, 0.2) is 0 Å². The smallest absolute Gasteiger partial charge is 0.313 e. The van der Waals surface area contributed by atoms with Gasteiger partial charge in [0.1, 0.15) is 6.07 Å². The van der Waals surface area contributed by atoms with Crippen LogP contribution in [0.5, 0.6) is 0 Å². The fraction of sp³-hybridized carbons (Fsp3) is 0.200. The number of aryl methyl sites for hydroxylation is 1. The highest BCUT2D eigenvalue weighted by Gasteiger charge is 2.06. The van der Waals surface area contributed by atoms with Gasteiger partial charge in [0.2, 0.25) is 0 Å². The minimum Gasteiger partial charge on any atom is -0.481 e. The van der Waals surface area contributed by atoms with E-state index in [0.717, 1.165) is 10.5 Å². The maximum absolute atomic E-state index is 10.4. The zero-order chi connectivity index (χ0) is 10.6. The Labute approximate surface area is 86.4 Å². The third kappa shape index (κ3) is 2.51. The number of hydrogen-bond acceptors (Lipinski definition) is 3. The molecule has 0 aliphatic heterocycles. The van der Waals surface area contributed by atoms with Crippen LogP contribution in [-0.2, 0) is 4.79 Å². The number of thioether (sulfide) groups is 1. The lowest BCUT2D eigenvalue weighted by atomic mass is 10.1. The molecule has 0 bridgehead atoms. The second-order valence-electron chi connectivity index (χ2n) is 2.74. The van der Waals surface area contributed by atoms with Crippen molar-refractivity contribution in [2.75, 3.05) is 5.75 Å². The molecule has 0 fully saturated rings. The second-order valence-corrected chi connectivity index (χ2v) is 3.76. The van der Waals surface area contributed by atoms with Crippen molar-refractivity contribution in [2.24, 2.45) is 0 Å². The first-order valence-corrected chi connectivity index (χ1v) is 4.98. The zero-order valence-electron chi connectivity index (χ0n) is 7.65. The Morgan fingerprint density at radius 3 is 2.93 bits per heavy atom. The molecular formula is C10H9NO2S. The maximum Gasteiger partial charge on any atom is 0.313 e. The summed E-state index contributed by atoms with van der Waals surface area (Å²) in [5.41, 5.74) is 1.45. The summed E-state index contributed by atoms with van der Waals surface area (Å²) in [5.74, 6) is -0.890. The monoisotopic (exact) mass is 207 g/mol. The average molecular weight is 207 g/mol. The van der Waals surface area contributed by atoms with Gasteiger partial charge < -0.3 is 5.11 Å². The third-order valence-corrected chi connectivity index (χ3v) is 2.74. The normalized spacial score (nSPS) is 9.43. The lowest BCUT2D eigenvalue weighted by Crippen LogP contribution is -1.98. The van der Waals surface area contributed by atoms with E-state index in [-0.39, 0.29) is 5.75 Å². The minimum absolute atomic E-state index is 0.0157. The van der Waals surface area contributed by atoms with Gasteiger partial charge in [0.05, 0.1) is 11.3 Å². The lowest BCUT2D eigenvalue weighted by molar-refractivity contribution is -0.133. The van der Waals surface area contributed by atoms with Crippen molar-refractivity contribution in [3.8, 4) is 6.07 Å². The van der Waals surface area contributed by atoms with Crippen LogP contribution in [0.3, 0.4) is 0 Å². The zero-order valence-corrected chi connectivity index (χ0v) is 8.47. The Hall–Kier alpha value is -1.47. The van der Waals surface area contributed by atoms with E-state index in [0.29, 0.717) is 5.56 Å². The summed E-state index contributed by atoms with van der Waals surface area (Å²) in [6, 6.07) is 7.49. The summed E-state index contributed by atoms with van der Waals surface area (Å²) >= 11 is 1.17. The summed E-state index contributed by atoms with van der Waals surface area (Å²) in [4.78, 5) is 11.1. The summed E-state index contributed by atoms with van der Waals surface area (Å²) in [5, 5.41) is 17.4. The van der Waals surface area contributed by atoms with E-state index in [1.165, 1.54) is 11.8 Å². The number of hydrogen-bond donors (Lipinski definition) is 1. The first-order valence-electron chi connectivity index (χ1n) is 3.99. The maximum atomic E-state index is 10.4. The van der Waals surface area contributed by atoms with Gasteiger partial charge in [-0.15, -0.1) is 11.8 Å². The minimum atomic E-state index is -0.875. The van der Waals surface area contributed by atoms with Crippen molar-refractivity contribution in [2.45, 2.75) is 11.8 Å². The number of nitriles is 1. The van der Waals surface area contributed by atoms with Crippen LogP contribution in [0.1, 0.15) is 11.1 Å². The van der Waals surface area contributed by atoms with Crippen LogP contribution in [-0.4, -0.2) is 16.8 Å². The lowest BCUT2D eigenvalue weighted by Gasteiger charge is -2.03. The van der Waals surface area contributed by atoms with Gasteiger partial charge >= 0.3 is 5.97 Å². The van der Waals surface area contributed by atoms with E-state index in [1.54, 1.807) is 6.07 Å². The quantitative estimate of drug-likeness (QED) is 0.770. The van der Waals surface area contributed by atoms with Gasteiger partial charge in [-0.2, -0.15) is 5.26 Å². The molecule has 1 aromatic carbocycles. The number of carboxylic acid groups (broad SMARTS) is 1. The van der Waals surface area contributed by atoms with Gasteiger partial charge in [-0.05, 0) is 18.6 Å². The SMILES string of the molecule is Cc1cccc(SCC(=O)O)c1C#N. The van der Waals surface area contributed by atoms with Crippen LogP contribution < -0.4 is 0 Å². The Bertz CT molecular complexity index is 396. The van der Waals surface area contributed by atoms with Crippen molar-refractivity contribution in [1.82, 2.24) is 0 Å². The molecular weight excluding hydrogens is 198 g/mol. The van der Waals surface area contributed by atoms with E-state index < -0.39 is 5.97 Å². The standard InChI is InChI=1S/C10H9NO2S/c1-7-3-2-4-9(8(7)5-11)14-6-10(12)13/h2-4H,6H2,1H3,(H,12,13). The summed E-state index contributed by atoms with van der Waals surface area (Å²) in [6.07, 6.45) is 0. The Morgan fingerprint density at radius 2 is 2.36 bits per heavy atom. The Kier molecular flexibility index (Phi) is 3.55. The van der Waals surface area contributed by atoms with Gasteiger partial charge in [0, 0.05) is 4.90 Å². The highest BCUT2D eigenvalue weighted by Crippen LogP contribution is 2.24. The molecule has 1 rings (SSSR count). The van der Waals surface area contributed by atoms with Gasteiger partial charge in [-0.25, -0.2) is 0 Å². The van der Waals surface area contributed by atoms with Crippen LogP contribution >= 0.6 is 11.8 Å². The number of nitrogens with zero attached hydrogens (tertiary/aromatic N) is 1. The first kappa shape index (κ1) is 10.6. The summed E-state index contributed by atoms with van der Waals surface area (Å²) < 4.78 is 0. The van der Waals surface area contributed by atoms with Crippen molar-refractivity contribution in [3.05, 3.63) is 29.3 Å². The number of carbonyl (C=O) groups is 1. The predicted octanol–water partition coefficient (Wildman–Crippen LogP) is 2.04. The van der Waals surface area contributed by atoms with Crippen LogP contribution in [0.4, 0.5) is 0 Å². The van der Waals surface area contributed by atoms with Crippen LogP contribution in [0.2, 0.25) is 0 Å². The summed E-state index contributed by atoms with van der Waals surface area (Å²) in [7, 11) is 0. The van der Waals surface area contributed by atoms with Crippen molar-refractivity contribution < 1.29 is 9.90 Å². The highest BCUT2D eigenvalue weighted by molar-refractivity contribution is 8.00. The molecule has 1 N–H and O–H groups in total. The number of aliphatic carboxylic acids is 1. The molecule has 0 radical (unpaired) electrons. The largest absolute Gasteiger partial charge is 0.481 e. The van der Waals surface area contributed by atoms with Crippen molar-refractivity contribution >= 4 is 17.7 Å². The molecule has 72 valence electrons. The number of carboxylic acids is 1. The van der Waals surface area contributed by atoms with Gasteiger partial charge in [-0.1, -0.05) is 12.1 Å². The molecule has 0 heterocycles. The molecule has 0 saturated carbocycles. The number of rotatable bonds is 3. The third-order valence-electron chi connectivity index (χ3n) is 1.70. The molecule has 0 unspecified atom stereocenters. The molecule has 0 aliphatic rings. The van der Waals surface area contributed by atoms with E-state index in [4.69, 9.17) is 10.4 Å². The van der Waals surface area contributed by atoms with Crippen molar-refractivity contribution in [1.29, 1.82) is 5.26 Å². The molecule has 14 heavy (non-hydrogen) atoms. The Balaban J connectivity index is 2.92. The first-order chi connectivity index (χ1) is 6.65. The van der Waals surface area contributed by atoms with Crippen LogP contribution in [0, 0.1) is 18.3 Å². The van der Waals surface area contributed by atoms with E-state index in [9.17, 15) is 4.79 Å². The fourth-order valence-corrected chi connectivity index (χ4v) is 1.85. The van der Waals surface area contributed by atoms with Gasteiger partial charge in [0.25, 0.3) is 0 Å². The average Bonchev–Trinajstić information content (AvgIpc) is 2.14. The summed E-state index contributed by atoms with van der Waals surface area (Å²) in [6.45, 7) is 1.84. The van der Waals surface area contributed by atoms with E-state index in [1.807, 2.05) is 19.1 Å². The van der Waals surface area contributed by atoms with E-state index in [2.05, 4.69) is 6.07 Å². The molecule has 0 amide bonds. The molecule has 0 aliphatic carbocycles. The fourth-order valence-electron chi connectivity index (χ4n) is 1.04. The Morgan fingerprint density at radius 1 is 1.64 bits per heavy atom. The molecule has 0 aromatic heterocycles.